The molecule has 1 heterocycles. The summed E-state index contributed by atoms with van der Waals surface area (Å²) in [4.78, 5) is 13.7. The number of aliphatic hydroxyl groups is 1. The summed E-state index contributed by atoms with van der Waals surface area (Å²) in [6, 6.07) is 2.11. The molecule has 0 aliphatic rings. The van der Waals surface area contributed by atoms with Gasteiger partial charge in [0.1, 0.15) is 0 Å². The third kappa shape index (κ3) is 3.80. The van der Waals surface area contributed by atoms with E-state index in [1.165, 1.54) is 29.4 Å². The topological polar surface area (TPSA) is 58.6 Å². The van der Waals surface area contributed by atoms with Crippen LogP contribution in [0.25, 0.3) is 0 Å². The quantitative estimate of drug-likeness (QED) is 0.782. The normalized spacial score (nSPS) is 14.4. The third-order valence-electron chi connectivity index (χ3n) is 2.61. The number of aryl methyl sites for hydroxylation is 2. The van der Waals surface area contributed by atoms with Gasteiger partial charge in [-0.15, -0.1) is 11.3 Å². The zero-order chi connectivity index (χ0) is 13.1. The second-order valence-electron chi connectivity index (χ2n) is 4.32. The number of hydrogen-bond acceptors (Lipinski definition) is 5. The van der Waals surface area contributed by atoms with E-state index in [4.69, 9.17) is 0 Å². The predicted octanol–water partition coefficient (Wildman–Crippen LogP) is 1.38. The highest BCUT2D eigenvalue weighted by molar-refractivity contribution is 7.12. The summed E-state index contributed by atoms with van der Waals surface area (Å²) in [7, 11) is 1.27. The Morgan fingerprint density at radius 1 is 1.59 bits per heavy atom. The minimum Gasteiger partial charge on any atom is -0.467 e. The van der Waals surface area contributed by atoms with Gasteiger partial charge in [0.05, 0.1) is 7.11 Å². The van der Waals surface area contributed by atoms with Crippen molar-refractivity contribution in [2.75, 3.05) is 13.7 Å². The SMILES string of the molecule is COC(=O)C(C)(O)CNCc1cc(C)c(C)s1. The molecule has 1 rings (SSSR count). The number of esters is 1. The van der Waals surface area contributed by atoms with Crippen LogP contribution < -0.4 is 5.32 Å². The van der Waals surface area contributed by atoms with Gasteiger partial charge in [-0.05, 0) is 32.4 Å². The van der Waals surface area contributed by atoms with Crippen molar-refractivity contribution in [1.29, 1.82) is 0 Å². The number of methoxy groups -OCH3 is 1. The molecule has 2 N–H and O–H groups in total. The fourth-order valence-electron chi connectivity index (χ4n) is 1.46. The number of carbonyl (C=O) groups excluding carboxylic acids is 1. The first kappa shape index (κ1) is 14.2. The van der Waals surface area contributed by atoms with Crippen molar-refractivity contribution in [2.45, 2.75) is 32.9 Å². The Bertz CT molecular complexity index is 379. The van der Waals surface area contributed by atoms with Gasteiger partial charge in [0.15, 0.2) is 5.60 Å². The number of thiophene rings is 1. The smallest absolute Gasteiger partial charge is 0.338 e. The Labute approximate surface area is 106 Å². The summed E-state index contributed by atoms with van der Waals surface area (Å²) < 4.78 is 4.51. The largest absolute Gasteiger partial charge is 0.467 e. The molecule has 0 saturated heterocycles. The molecule has 1 unspecified atom stereocenters. The number of nitrogens with one attached hydrogen (secondary N) is 1. The molecule has 0 bridgehead atoms. The van der Waals surface area contributed by atoms with Gasteiger partial charge >= 0.3 is 5.97 Å². The maximum Gasteiger partial charge on any atom is 0.338 e. The van der Waals surface area contributed by atoms with Crippen molar-refractivity contribution in [3.05, 3.63) is 21.4 Å². The molecule has 0 aliphatic heterocycles. The minimum absolute atomic E-state index is 0.176. The first-order valence-corrected chi connectivity index (χ1v) is 6.26. The van der Waals surface area contributed by atoms with Gasteiger partial charge in [0, 0.05) is 22.8 Å². The van der Waals surface area contributed by atoms with Crippen LogP contribution in [0, 0.1) is 13.8 Å². The van der Waals surface area contributed by atoms with Crippen LogP contribution in [-0.4, -0.2) is 30.3 Å². The first-order chi connectivity index (χ1) is 7.86. The fourth-order valence-corrected chi connectivity index (χ4v) is 2.48. The van der Waals surface area contributed by atoms with Crippen LogP contribution in [0.3, 0.4) is 0 Å². The number of ether oxygens (including phenoxy) is 1. The van der Waals surface area contributed by atoms with Crippen molar-refractivity contribution < 1.29 is 14.6 Å². The molecule has 1 aromatic rings. The van der Waals surface area contributed by atoms with E-state index >= 15 is 0 Å². The van der Waals surface area contributed by atoms with E-state index in [1.54, 1.807) is 11.3 Å². The molecule has 1 aromatic heterocycles. The van der Waals surface area contributed by atoms with Gasteiger partial charge in [-0.2, -0.15) is 0 Å². The van der Waals surface area contributed by atoms with Crippen LogP contribution in [0.4, 0.5) is 0 Å². The van der Waals surface area contributed by atoms with E-state index in [0.29, 0.717) is 6.54 Å². The van der Waals surface area contributed by atoms with Crippen molar-refractivity contribution in [1.82, 2.24) is 5.32 Å². The van der Waals surface area contributed by atoms with Gasteiger partial charge in [-0.1, -0.05) is 0 Å². The molecule has 17 heavy (non-hydrogen) atoms. The third-order valence-corrected chi connectivity index (χ3v) is 3.76. The van der Waals surface area contributed by atoms with Crippen molar-refractivity contribution in [2.24, 2.45) is 0 Å². The van der Waals surface area contributed by atoms with E-state index in [2.05, 4.69) is 30.0 Å². The molecule has 0 radical (unpaired) electrons. The molecule has 0 saturated carbocycles. The zero-order valence-electron chi connectivity index (χ0n) is 10.7. The second kappa shape index (κ2) is 5.62. The maximum atomic E-state index is 11.2. The molecule has 96 valence electrons. The van der Waals surface area contributed by atoms with Crippen LogP contribution in [0.5, 0.6) is 0 Å². The molecule has 0 amide bonds. The highest BCUT2D eigenvalue weighted by atomic mass is 32.1. The van der Waals surface area contributed by atoms with E-state index in [0.717, 1.165) is 0 Å². The monoisotopic (exact) mass is 257 g/mol. The average molecular weight is 257 g/mol. The summed E-state index contributed by atoms with van der Waals surface area (Å²) in [6.07, 6.45) is 0. The standard InChI is InChI=1S/C12H19NO3S/c1-8-5-10(17-9(8)2)6-13-7-12(3,15)11(14)16-4/h5,13,15H,6-7H2,1-4H3. The second-order valence-corrected chi connectivity index (χ2v) is 5.66. The highest BCUT2D eigenvalue weighted by Gasteiger charge is 2.30. The lowest BCUT2D eigenvalue weighted by atomic mass is 10.1. The van der Waals surface area contributed by atoms with Gasteiger partial charge in [-0.25, -0.2) is 4.79 Å². The van der Waals surface area contributed by atoms with Gasteiger partial charge in [-0.3, -0.25) is 0 Å². The zero-order valence-corrected chi connectivity index (χ0v) is 11.5. The molecule has 0 fully saturated rings. The Hall–Kier alpha value is -0.910. The van der Waals surface area contributed by atoms with Crippen LogP contribution in [-0.2, 0) is 16.1 Å². The summed E-state index contributed by atoms with van der Waals surface area (Å²) in [5, 5.41) is 12.8. The minimum atomic E-state index is -1.48. The van der Waals surface area contributed by atoms with Gasteiger partial charge in [0.25, 0.3) is 0 Å². The Morgan fingerprint density at radius 2 is 2.24 bits per heavy atom. The molecular weight excluding hydrogens is 238 g/mol. The van der Waals surface area contributed by atoms with Crippen molar-refractivity contribution in [3.63, 3.8) is 0 Å². The number of rotatable bonds is 5. The average Bonchev–Trinajstić information content (AvgIpc) is 2.57. The molecular formula is C12H19NO3S. The molecule has 0 aromatic carbocycles. The van der Waals surface area contributed by atoms with Crippen molar-refractivity contribution in [3.8, 4) is 0 Å². The summed E-state index contributed by atoms with van der Waals surface area (Å²) in [6.45, 7) is 6.41. The van der Waals surface area contributed by atoms with Crippen LogP contribution >= 0.6 is 11.3 Å². The van der Waals surface area contributed by atoms with Gasteiger partial charge in [0.2, 0.25) is 0 Å². The molecule has 4 nitrogen and oxygen atoms in total. The van der Waals surface area contributed by atoms with Gasteiger partial charge < -0.3 is 15.2 Å². The van der Waals surface area contributed by atoms with E-state index in [1.807, 2.05) is 0 Å². The fraction of sp³-hybridized carbons (Fsp3) is 0.583. The van der Waals surface area contributed by atoms with Crippen LogP contribution in [0.1, 0.15) is 22.2 Å². The lowest BCUT2D eigenvalue weighted by Crippen LogP contribution is -2.45. The summed E-state index contributed by atoms with van der Waals surface area (Å²) in [5.41, 5.74) is -0.206. The van der Waals surface area contributed by atoms with Crippen molar-refractivity contribution >= 4 is 17.3 Å². The Morgan fingerprint density at radius 3 is 2.71 bits per heavy atom. The van der Waals surface area contributed by atoms with Crippen LogP contribution in [0.15, 0.2) is 6.07 Å². The lowest BCUT2D eigenvalue weighted by molar-refractivity contribution is -0.159. The Balaban J connectivity index is 2.45. The van der Waals surface area contributed by atoms with E-state index in [9.17, 15) is 9.90 Å². The Kier molecular flexibility index (Phi) is 4.68. The molecule has 0 spiro atoms. The number of carbonyl (C=O) groups is 1. The maximum absolute atomic E-state index is 11.2. The summed E-state index contributed by atoms with van der Waals surface area (Å²) in [5.74, 6) is -0.622. The lowest BCUT2D eigenvalue weighted by Gasteiger charge is -2.20. The van der Waals surface area contributed by atoms with Crippen LogP contribution in [0.2, 0.25) is 0 Å². The van der Waals surface area contributed by atoms with E-state index in [-0.39, 0.29) is 6.54 Å². The molecule has 0 aliphatic carbocycles. The molecule has 1 atom stereocenters. The number of hydrogen-bond donors (Lipinski definition) is 2. The van der Waals surface area contributed by atoms with E-state index < -0.39 is 11.6 Å². The predicted molar refractivity (Wildman–Crippen MR) is 68.1 cm³/mol. The molecule has 5 heteroatoms. The first-order valence-electron chi connectivity index (χ1n) is 5.44. The summed E-state index contributed by atoms with van der Waals surface area (Å²) >= 11 is 1.72. The highest BCUT2D eigenvalue weighted by Crippen LogP contribution is 2.20.